The quantitative estimate of drug-likeness (QED) is 0.328. The molecule has 146 valence electrons. The molecular weight excluding hydrogens is 504 g/mol. The number of hydrogen-bond acceptors (Lipinski definition) is 5. The Morgan fingerprint density at radius 2 is 1.79 bits per heavy atom. The number of rotatable bonds is 3. The number of H-pyrrole nitrogens is 1. The largest absolute Gasteiger partial charge is 0.507 e. The average Bonchev–Trinajstić information content (AvgIpc) is 3.09. The van der Waals surface area contributed by atoms with Crippen LogP contribution in [0, 0.1) is 6.92 Å². The van der Waals surface area contributed by atoms with Crippen LogP contribution in [0.15, 0.2) is 66.7 Å². The first-order valence-corrected chi connectivity index (χ1v) is 10.1. The van der Waals surface area contributed by atoms with Crippen molar-refractivity contribution < 1.29 is 14.6 Å². The van der Waals surface area contributed by atoms with E-state index in [0.29, 0.717) is 37.5 Å². The van der Waals surface area contributed by atoms with Gasteiger partial charge in [0.2, 0.25) is 11.2 Å². The second kappa shape index (κ2) is 7.53. The summed E-state index contributed by atoms with van der Waals surface area (Å²) in [7, 11) is 0. The van der Waals surface area contributed by atoms with Crippen LogP contribution in [0.3, 0.4) is 0 Å². The molecule has 0 aliphatic heterocycles. The van der Waals surface area contributed by atoms with Gasteiger partial charge in [-0.25, -0.2) is 4.98 Å². The van der Waals surface area contributed by atoms with Crippen LogP contribution >= 0.6 is 31.9 Å². The summed E-state index contributed by atoms with van der Waals surface area (Å²) in [5.74, 6) is 0.174. The molecule has 4 aromatic rings. The Morgan fingerprint density at radius 1 is 1.07 bits per heavy atom. The maximum Gasteiger partial charge on any atom is 0.227 e. The van der Waals surface area contributed by atoms with Crippen LogP contribution in [0.5, 0.6) is 11.5 Å². The molecule has 6 nitrogen and oxygen atoms in total. The number of aromatic amines is 1. The predicted molar refractivity (Wildman–Crippen MR) is 117 cm³/mol. The van der Waals surface area contributed by atoms with Crippen molar-refractivity contribution in [3.8, 4) is 45.6 Å². The van der Waals surface area contributed by atoms with Crippen LogP contribution in [-0.4, -0.2) is 20.2 Å². The molecule has 0 fully saturated rings. The monoisotopic (exact) mass is 516 g/mol. The van der Waals surface area contributed by atoms with Crippen molar-refractivity contribution in [1.29, 1.82) is 0 Å². The zero-order chi connectivity index (χ0) is 20.7. The molecule has 29 heavy (non-hydrogen) atoms. The molecule has 3 N–H and O–H groups in total. The number of halogens is 2. The molecule has 0 unspecified atom stereocenters. The van der Waals surface area contributed by atoms with Gasteiger partial charge in [-0.2, -0.15) is 0 Å². The summed E-state index contributed by atoms with van der Waals surface area (Å²) in [5, 5.41) is 20.8. The number of phenols is 1. The van der Waals surface area contributed by atoms with E-state index in [2.05, 4.69) is 41.8 Å². The summed E-state index contributed by atoms with van der Waals surface area (Å²) in [5.41, 5.74) is 1.44. The predicted octanol–water partition coefficient (Wildman–Crippen LogP) is 5.61. The fourth-order valence-electron chi connectivity index (χ4n) is 3.03. The van der Waals surface area contributed by atoms with E-state index in [1.807, 2.05) is 30.3 Å². The summed E-state index contributed by atoms with van der Waals surface area (Å²) in [6, 6.07) is 13.8. The Morgan fingerprint density at radius 3 is 2.48 bits per heavy atom. The Balaban J connectivity index is 2.03. The van der Waals surface area contributed by atoms with Crippen LogP contribution < -0.4 is 5.43 Å². The molecule has 0 spiro atoms. The summed E-state index contributed by atoms with van der Waals surface area (Å²) in [4.78, 5) is 19.9. The summed E-state index contributed by atoms with van der Waals surface area (Å²) in [6.45, 7) is 1.63. The molecule has 0 saturated carbocycles. The van der Waals surface area contributed by atoms with E-state index in [1.165, 1.54) is 6.07 Å². The molecule has 4 rings (SSSR count). The molecule has 2 heterocycles. The highest BCUT2D eigenvalue weighted by Gasteiger charge is 2.23. The van der Waals surface area contributed by atoms with Gasteiger partial charge in [0.05, 0.1) is 5.56 Å². The Bertz CT molecular complexity index is 1260. The van der Waals surface area contributed by atoms with E-state index in [4.69, 9.17) is 4.42 Å². The number of aromatic nitrogens is 2. The maximum atomic E-state index is 12.1. The summed E-state index contributed by atoms with van der Waals surface area (Å²) >= 11 is 6.78. The van der Waals surface area contributed by atoms with Crippen molar-refractivity contribution >= 4 is 31.9 Å². The van der Waals surface area contributed by atoms with Gasteiger partial charge in [-0.3, -0.25) is 4.79 Å². The third-order valence-electron chi connectivity index (χ3n) is 4.29. The molecule has 0 bridgehead atoms. The van der Waals surface area contributed by atoms with Crippen molar-refractivity contribution in [3.05, 3.63) is 73.5 Å². The third kappa shape index (κ3) is 3.61. The van der Waals surface area contributed by atoms with Gasteiger partial charge in [-0.1, -0.05) is 46.3 Å². The van der Waals surface area contributed by atoms with Crippen LogP contribution in [0.2, 0.25) is 0 Å². The standard InChI is InChI=1S/C21H14Br2N2O4/c1-10-7-15(27)19(28)20(29-10)18-17(11-5-3-2-4-6-11)24-21(25-18)16-13(23)8-12(22)9-14(16)26/h2-9,26,28H,1H3,(H,24,25). The van der Waals surface area contributed by atoms with Crippen LogP contribution in [-0.2, 0) is 0 Å². The molecule has 0 aliphatic carbocycles. The molecule has 0 saturated heterocycles. The Labute approximate surface area is 182 Å². The SMILES string of the molecule is Cc1cc(=O)c(O)c(-c2[nH]c(-c3c(O)cc(Br)cc3Br)nc2-c2ccccc2)o1. The molecule has 0 radical (unpaired) electrons. The van der Waals surface area contributed by atoms with Crippen molar-refractivity contribution in [2.45, 2.75) is 6.92 Å². The molecule has 8 heteroatoms. The minimum absolute atomic E-state index is 0.000999. The highest BCUT2D eigenvalue weighted by Crippen LogP contribution is 2.41. The lowest BCUT2D eigenvalue weighted by atomic mass is 10.1. The first kappa shape index (κ1) is 19.5. The lowest BCUT2D eigenvalue weighted by molar-refractivity contribution is 0.429. The minimum Gasteiger partial charge on any atom is -0.507 e. The van der Waals surface area contributed by atoms with Gasteiger partial charge in [0, 0.05) is 20.6 Å². The lowest BCUT2D eigenvalue weighted by Crippen LogP contribution is -2.01. The van der Waals surface area contributed by atoms with Gasteiger partial charge in [-0.05, 0) is 35.0 Å². The molecule has 0 aliphatic rings. The average molecular weight is 518 g/mol. The normalized spacial score (nSPS) is 11.0. The number of phenolic OH excluding ortho intramolecular Hbond substituents is 1. The molecule has 0 atom stereocenters. The van der Waals surface area contributed by atoms with E-state index >= 15 is 0 Å². The molecular formula is C21H14Br2N2O4. The number of nitrogens with zero attached hydrogens (tertiary/aromatic N) is 1. The number of nitrogens with one attached hydrogen (secondary N) is 1. The first-order valence-electron chi connectivity index (χ1n) is 8.53. The van der Waals surface area contributed by atoms with Crippen LogP contribution in [0.1, 0.15) is 5.76 Å². The summed E-state index contributed by atoms with van der Waals surface area (Å²) < 4.78 is 6.97. The maximum absolute atomic E-state index is 12.1. The minimum atomic E-state index is -0.549. The van der Waals surface area contributed by atoms with E-state index in [1.54, 1.807) is 19.1 Å². The molecule has 0 amide bonds. The van der Waals surface area contributed by atoms with E-state index < -0.39 is 11.2 Å². The number of aromatic hydroxyl groups is 2. The van der Waals surface area contributed by atoms with Gasteiger partial charge >= 0.3 is 0 Å². The second-order valence-corrected chi connectivity index (χ2v) is 8.13. The summed E-state index contributed by atoms with van der Waals surface area (Å²) in [6.07, 6.45) is 0. The van der Waals surface area contributed by atoms with Gasteiger partial charge in [0.15, 0.2) is 5.76 Å². The van der Waals surface area contributed by atoms with E-state index in [9.17, 15) is 15.0 Å². The van der Waals surface area contributed by atoms with Crippen LogP contribution in [0.25, 0.3) is 34.1 Å². The van der Waals surface area contributed by atoms with Gasteiger partial charge < -0.3 is 19.6 Å². The van der Waals surface area contributed by atoms with Crippen molar-refractivity contribution in [2.75, 3.05) is 0 Å². The molecule has 2 aromatic carbocycles. The smallest absolute Gasteiger partial charge is 0.227 e. The highest BCUT2D eigenvalue weighted by atomic mass is 79.9. The third-order valence-corrected chi connectivity index (χ3v) is 5.38. The van der Waals surface area contributed by atoms with Crippen molar-refractivity contribution in [3.63, 3.8) is 0 Å². The topological polar surface area (TPSA) is 99.3 Å². The van der Waals surface area contributed by atoms with Crippen LogP contribution in [0.4, 0.5) is 0 Å². The second-order valence-electron chi connectivity index (χ2n) is 6.36. The van der Waals surface area contributed by atoms with Crippen molar-refractivity contribution in [2.24, 2.45) is 0 Å². The number of hydrogen-bond donors (Lipinski definition) is 3. The molecule has 2 aromatic heterocycles. The first-order chi connectivity index (χ1) is 13.8. The Hall–Kier alpha value is -2.84. The lowest BCUT2D eigenvalue weighted by Gasteiger charge is -2.06. The zero-order valence-electron chi connectivity index (χ0n) is 15.0. The highest BCUT2D eigenvalue weighted by molar-refractivity contribution is 9.11. The number of aryl methyl sites for hydroxylation is 1. The fourth-order valence-corrected chi connectivity index (χ4v) is 4.42. The van der Waals surface area contributed by atoms with E-state index in [-0.39, 0.29) is 11.5 Å². The van der Waals surface area contributed by atoms with Gasteiger partial charge in [0.25, 0.3) is 0 Å². The Kier molecular flexibility index (Phi) is 5.06. The zero-order valence-corrected chi connectivity index (χ0v) is 18.2. The van der Waals surface area contributed by atoms with E-state index in [0.717, 1.165) is 5.56 Å². The van der Waals surface area contributed by atoms with Gasteiger partial charge in [0.1, 0.15) is 28.7 Å². The van der Waals surface area contributed by atoms with Gasteiger partial charge in [-0.15, -0.1) is 0 Å². The van der Waals surface area contributed by atoms with Crippen molar-refractivity contribution in [1.82, 2.24) is 9.97 Å². The fraction of sp³-hybridized carbons (Fsp3) is 0.0476. The number of imidazole rings is 1. The number of benzene rings is 2.